The van der Waals surface area contributed by atoms with Gasteiger partial charge in [0.2, 0.25) is 0 Å². The van der Waals surface area contributed by atoms with E-state index in [1.807, 2.05) is 17.0 Å². The fourth-order valence-electron chi connectivity index (χ4n) is 2.78. The first-order valence-electron chi connectivity index (χ1n) is 6.61. The molecule has 102 valence electrons. The Bertz CT molecular complexity index is 506. The monoisotopic (exact) mass is 280 g/mol. The van der Waals surface area contributed by atoms with Crippen LogP contribution in [-0.4, -0.2) is 36.5 Å². The third kappa shape index (κ3) is 2.42. The average Bonchev–Trinajstić information content (AvgIpc) is 3.03. The molecule has 4 nitrogen and oxygen atoms in total. The number of hydrogen-bond donors (Lipinski definition) is 1. The number of likely N-dealkylation sites (tertiary alicyclic amines) is 1. The number of fused-ring (bicyclic) bond motifs is 1. The summed E-state index contributed by atoms with van der Waals surface area (Å²) in [5.74, 6) is 1.28. The molecule has 0 saturated carbocycles. The maximum absolute atomic E-state index is 12.4. The fraction of sp³-hybridized carbons (Fsp3) is 0.500. The first-order chi connectivity index (χ1) is 9.17. The van der Waals surface area contributed by atoms with Crippen molar-refractivity contribution in [2.45, 2.75) is 18.9 Å². The van der Waals surface area contributed by atoms with Crippen LogP contribution >= 0.6 is 11.6 Å². The van der Waals surface area contributed by atoms with Gasteiger partial charge in [-0.25, -0.2) is 0 Å². The summed E-state index contributed by atoms with van der Waals surface area (Å²) in [7, 11) is 0. The number of rotatable bonds is 2. The van der Waals surface area contributed by atoms with E-state index in [-0.39, 0.29) is 5.91 Å². The SMILES string of the molecule is NC[C@H]1CCN(C(=O)[C@H]2Cc3cc(Cl)ccc3O2)C1. The number of nitrogens with zero attached hydrogens (tertiary/aromatic N) is 1. The number of ether oxygens (including phenoxy) is 1. The van der Waals surface area contributed by atoms with Crippen LogP contribution in [0.2, 0.25) is 5.02 Å². The second kappa shape index (κ2) is 5.02. The van der Waals surface area contributed by atoms with Crippen molar-refractivity contribution >= 4 is 17.5 Å². The molecule has 0 radical (unpaired) electrons. The molecular weight excluding hydrogens is 264 g/mol. The quantitative estimate of drug-likeness (QED) is 0.892. The van der Waals surface area contributed by atoms with E-state index in [9.17, 15) is 4.79 Å². The predicted molar refractivity (Wildman–Crippen MR) is 73.3 cm³/mol. The summed E-state index contributed by atoms with van der Waals surface area (Å²) in [6.07, 6.45) is 1.21. The minimum Gasteiger partial charge on any atom is -0.480 e. The van der Waals surface area contributed by atoms with Gasteiger partial charge >= 0.3 is 0 Å². The molecule has 2 atom stereocenters. The maximum Gasteiger partial charge on any atom is 0.264 e. The molecule has 1 saturated heterocycles. The van der Waals surface area contributed by atoms with Gasteiger partial charge in [0, 0.05) is 24.5 Å². The zero-order chi connectivity index (χ0) is 13.4. The molecule has 1 aromatic carbocycles. The standard InChI is InChI=1S/C14H17ClN2O2/c15-11-1-2-12-10(5-11)6-13(19-12)14(18)17-4-3-9(7-16)8-17/h1-2,5,9,13H,3-4,6-8,16H2/t9-,13-/m1/s1. The highest BCUT2D eigenvalue weighted by atomic mass is 35.5. The zero-order valence-electron chi connectivity index (χ0n) is 10.6. The number of carbonyl (C=O) groups excluding carboxylic acids is 1. The summed E-state index contributed by atoms with van der Waals surface area (Å²) >= 11 is 5.95. The van der Waals surface area contributed by atoms with Gasteiger partial charge in [-0.05, 0) is 42.6 Å². The molecule has 0 aliphatic carbocycles. The highest BCUT2D eigenvalue weighted by Gasteiger charge is 2.35. The van der Waals surface area contributed by atoms with E-state index < -0.39 is 6.10 Å². The topological polar surface area (TPSA) is 55.6 Å². The summed E-state index contributed by atoms with van der Waals surface area (Å²) in [4.78, 5) is 14.3. The summed E-state index contributed by atoms with van der Waals surface area (Å²) < 4.78 is 5.72. The number of amides is 1. The first-order valence-corrected chi connectivity index (χ1v) is 6.99. The molecule has 0 aromatic heterocycles. The van der Waals surface area contributed by atoms with E-state index in [0.29, 0.717) is 23.9 Å². The Balaban J connectivity index is 1.68. The Morgan fingerprint density at radius 3 is 3.11 bits per heavy atom. The summed E-state index contributed by atoms with van der Waals surface area (Å²) in [6.45, 7) is 2.19. The van der Waals surface area contributed by atoms with Crippen LogP contribution in [0.15, 0.2) is 18.2 Å². The largest absolute Gasteiger partial charge is 0.480 e. The van der Waals surface area contributed by atoms with Crippen LogP contribution in [0.3, 0.4) is 0 Å². The smallest absolute Gasteiger partial charge is 0.264 e. The normalized spacial score (nSPS) is 25.3. The number of nitrogens with two attached hydrogens (primary N) is 1. The van der Waals surface area contributed by atoms with E-state index in [1.54, 1.807) is 6.07 Å². The maximum atomic E-state index is 12.4. The minimum absolute atomic E-state index is 0.0725. The van der Waals surface area contributed by atoms with E-state index in [1.165, 1.54) is 0 Å². The number of benzene rings is 1. The molecule has 2 heterocycles. The van der Waals surface area contributed by atoms with Crippen LogP contribution in [0.4, 0.5) is 0 Å². The predicted octanol–water partition coefficient (Wildman–Crippen LogP) is 1.45. The van der Waals surface area contributed by atoms with E-state index in [0.717, 1.165) is 30.8 Å². The van der Waals surface area contributed by atoms with Crippen molar-refractivity contribution in [1.82, 2.24) is 4.90 Å². The summed E-state index contributed by atoms with van der Waals surface area (Å²) in [5, 5.41) is 0.680. The van der Waals surface area contributed by atoms with Gasteiger partial charge < -0.3 is 15.4 Å². The van der Waals surface area contributed by atoms with Crippen LogP contribution in [0.25, 0.3) is 0 Å². The third-order valence-corrected chi connectivity index (χ3v) is 4.14. The summed E-state index contributed by atoms with van der Waals surface area (Å²) in [5.41, 5.74) is 6.67. The van der Waals surface area contributed by atoms with Crippen molar-refractivity contribution < 1.29 is 9.53 Å². The van der Waals surface area contributed by atoms with Gasteiger partial charge in [0.25, 0.3) is 5.91 Å². The lowest BCUT2D eigenvalue weighted by molar-refractivity contribution is -0.136. The Morgan fingerprint density at radius 1 is 1.53 bits per heavy atom. The number of hydrogen-bond acceptors (Lipinski definition) is 3. The molecule has 0 bridgehead atoms. The van der Waals surface area contributed by atoms with Gasteiger partial charge in [-0.15, -0.1) is 0 Å². The molecule has 3 rings (SSSR count). The highest BCUT2D eigenvalue weighted by Crippen LogP contribution is 2.32. The van der Waals surface area contributed by atoms with E-state index in [4.69, 9.17) is 22.1 Å². The van der Waals surface area contributed by atoms with Crippen LogP contribution in [0.5, 0.6) is 5.75 Å². The zero-order valence-corrected chi connectivity index (χ0v) is 11.4. The second-order valence-corrected chi connectivity index (χ2v) is 5.67. The van der Waals surface area contributed by atoms with E-state index >= 15 is 0 Å². The Kier molecular flexibility index (Phi) is 3.37. The molecule has 2 aliphatic heterocycles. The van der Waals surface area contributed by atoms with Gasteiger partial charge in [-0.3, -0.25) is 4.79 Å². The second-order valence-electron chi connectivity index (χ2n) is 5.24. The number of halogens is 1. The molecular formula is C14H17ClN2O2. The molecule has 1 amide bonds. The molecule has 19 heavy (non-hydrogen) atoms. The molecule has 0 unspecified atom stereocenters. The van der Waals surface area contributed by atoms with Crippen molar-refractivity contribution in [3.63, 3.8) is 0 Å². The van der Waals surface area contributed by atoms with Crippen molar-refractivity contribution in [2.24, 2.45) is 11.7 Å². The van der Waals surface area contributed by atoms with Crippen LogP contribution in [0, 0.1) is 5.92 Å². The third-order valence-electron chi connectivity index (χ3n) is 3.90. The van der Waals surface area contributed by atoms with Crippen molar-refractivity contribution in [3.8, 4) is 5.75 Å². The van der Waals surface area contributed by atoms with Crippen LogP contribution < -0.4 is 10.5 Å². The lowest BCUT2D eigenvalue weighted by Crippen LogP contribution is -2.40. The lowest BCUT2D eigenvalue weighted by Gasteiger charge is -2.20. The highest BCUT2D eigenvalue weighted by molar-refractivity contribution is 6.30. The van der Waals surface area contributed by atoms with E-state index in [2.05, 4.69) is 0 Å². The van der Waals surface area contributed by atoms with Gasteiger partial charge in [0.1, 0.15) is 5.75 Å². The molecule has 1 fully saturated rings. The van der Waals surface area contributed by atoms with Gasteiger partial charge in [-0.1, -0.05) is 11.6 Å². The van der Waals surface area contributed by atoms with Gasteiger partial charge in [0.05, 0.1) is 0 Å². The van der Waals surface area contributed by atoms with Gasteiger partial charge in [0.15, 0.2) is 6.10 Å². The van der Waals surface area contributed by atoms with Crippen molar-refractivity contribution in [1.29, 1.82) is 0 Å². The molecule has 2 N–H and O–H groups in total. The Labute approximate surface area is 117 Å². The Morgan fingerprint density at radius 2 is 2.37 bits per heavy atom. The van der Waals surface area contributed by atoms with Crippen LogP contribution in [0.1, 0.15) is 12.0 Å². The number of carbonyl (C=O) groups is 1. The molecule has 1 aromatic rings. The van der Waals surface area contributed by atoms with Crippen LogP contribution in [-0.2, 0) is 11.2 Å². The van der Waals surface area contributed by atoms with Crippen molar-refractivity contribution in [3.05, 3.63) is 28.8 Å². The average molecular weight is 281 g/mol. The Hall–Kier alpha value is -1.26. The first kappa shape index (κ1) is 12.8. The van der Waals surface area contributed by atoms with Crippen molar-refractivity contribution in [2.75, 3.05) is 19.6 Å². The molecule has 0 spiro atoms. The summed E-state index contributed by atoms with van der Waals surface area (Å²) in [6, 6.07) is 5.49. The lowest BCUT2D eigenvalue weighted by atomic mass is 10.1. The van der Waals surface area contributed by atoms with Gasteiger partial charge in [-0.2, -0.15) is 0 Å². The fourth-order valence-corrected chi connectivity index (χ4v) is 2.98. The molecule has 5 heteroatoms. The minimum atomic E-state index is -0.398. The molecule has 2 aliphatic rings.